The second-order valence-electron chi connectivity index (χ2n) is 19.7. The number of phosphoric acid groups is 2. The fraction of sp³-hybridized carbons (Fsp3) is 0.750. The topological polar surface area (TPSA) is 343 Å². The number of phosphoric ester groups is 2. The number of aromatic nitrogens is 2. The molecule has 0 spiro atoms. The van der Waals surface area contributed by atoms with Crippen molar-refractivity contribution in [3.8, 4) is 0 Å². The number of carbonyl (C=O) groups excluding carboxylic acids is 3. The van der Waals surface area contributed by atoms with E-state index in [4.69, 9.17) is 29.0 Å². The van der Waals surface area contributed by atoms with Crippen LogP contribution in [0.25, 0.3) is 0 Å². The zero-order valence-electron chi connectivity index (χ0n) is 44.4. The van der Waals surface area contributed by atoms with Gasteiger partial charge in [-0.15, -0.1) is 0 Å². The monoisotopic (exact) mass is 1120 g/mol. The number of hydrogen-bond acceptors (Lipinski definition) is 19. The molecule has 76 heavy (non-hydrogen) atoms. The molecule has 3 heterocycles. The summed E-state index contributed by atoms with van der Waals surface area (Å²) in [6, 6.07) is 1.18. The van der Waals surface area contributed by atoms with Gasteiger partial charge in [0.2, 0.25) is 0 Å². The lowest BCUT2D eigenvalue weighted by Gasteiger charge is -2.40. The summed E-state index contributed by atoms with van der Waals surface area (Å²) in [4.78, 5) is 77.9. The number of allylic oxidation sites excluding steroid dienone is 4. The Morgan fingerprint density at radius 1 is 0.829 bits per heavy atom. The van der Waals surface area contributed by atoms with Crippen LogP contribution in [0.1, 0.15) is 174 Å². The fourth-order valence-corrected chi connectivity index (χ4v) is 10.9. The lowest BCUT2D eigenvalue weighted by molar-refractivity contribution is -0.196. The molecule has 1 aromatic rings. The van der Waals surface area contributed by atoms with Crippen LogP contribution >= 0.6 is 15.6 Å². The molecule has 22 nitrogen and oxygen atoms in total. The van der Waals surface area contributed by atoms with Gasteiger partial charge in [-0.2, -0.15) is 9.29 Å². The Morgan fingerprint density at radius 3 is 2.12 bits per heavy atom. The highest BCUT2D eigenvalue weighted by atomic mass is 31.3. The molecule has 0 amide bonds. The molecule has 24 heteroatoms. The van der Waals surface area contributed by atoms with Crippen molar-refractivity contribution in [2.45, 2.75) is 217 Å². The highest BCUT2D eigenvalue weighted by Crippen LogP contribution is 2.60. The molecule has 12 atom stereocenters. The van der Waals surface area contributed by atoms with Crippen molar-refractivity contribution in [2.24, 2.45) is 11.8 Å². The minimum absolute atomic E-state index is 0.0445. The van der Waals surface area contributed by atoms with E-state index < -0.39 is 133 Å². The van der Waals surface area contributed by atoms with Gasteiger partial charge < -0.3 is 55.3 Å². The van der Waals surface area contributed by atoms with Crippen LogP contribution in [0, 0.1) is 11.8 Å². The minimum atomic E-state index is -5.76. The number of ketones is 1. The average Bonchev–Trinajstić information content (AvgIpc) is 3.35. The molecule has 2 unspecified atom stereocenters. The molecule has 0 radical (unpaired) electrons. The number of aliphatic hydroxyl groups is 5. The summed E-state index contributed by atoms with van der Waals surface area (Å²) in [7, 11) is -11.4. The van der Waals surface area contributed by atoms with Gasteiger partial charge in [0.25, 0.3) is 0 Å². The SMILES string of the molecule is CCCCC/C=C\C/C=C\CCCCCCCCCC(=O)OC[C@@H]1COP(=O)(O)OP(=O)(O)OC[C@H]2O[C@@H](n3ccc(N)nc3=O)[C@@H](CC(=O)CCCCC(=O)O1)[C@@H](O)C[C@@H](O)[C@H](/C=C\[C@@H](O)CCCCC)[C@H](O)[C@@H]2O. The summed E-state index contributed by atoms with van der Waals surface area (Å²) in [6.45, 7) is 1.30. The Hall–Kier alpha value is -3.47. The van der Waals surface area contributed by atoms with Gasteiger partial charge in [0.15, 0.2) is 6.10 Å². The first kappa shape index (κ1) is 66.8. The Bertz CT molecular complexity index is 2110. The van der Waals surface area contributed by atoms with Crippen LogP contribution < -0.4 is 11.4 Å². The van der Waals surface area contributed by atoms with Crippen molar-refractivity contribution in [1.82, 2.24) is 9.55 Å². The second-order valence-corrected chi connectivity index (χ2v) is 22.7. The van der Waals surface area contributed by atoms with Gasteiger partial charge in [0.05, 0.1) is 37.6 Å². The predicted octanol–water partition coefficient (Wildman–Crippen LogP) is 7.12. The van der Waals surface area contributed by atoms with Crippen LogP contribution in [-0.2, 0) is 51.1 Å². The van der Waals surface area contributed by atoms with Crippen LogP contribution in [-0.4, -0.2) is 125 Å². The molecule has 9 N–H and O–H groups in total. The van der Waals surface area contributed by atoms with Gasteiger partial charge in [-0.1, -0.05) is 115 Å². The van der Waals surface area contributed by atoms with Crippen molar-refractivity contribution < 1.29 is 86.4 Å². The zero-order valence-corrected chi connectivity index (χ0v) is 46.2. The number of esters is 2. The summed E-state index contributed by atoms with van der Waals surface area (Å²) in [5, 5.41) is 57.4. The lowest BCUT2D eigenvalue weighted by Crippen LogP contribution is -2.52. The third-order valence-corrected chi connectivity index (χ3v) is 15.8. The maximum absolute atomic E-state index is 13.7. The van der Waals surface area contributed by atoms with Gasteiger partial charge in [-0.25, -0.2) is 13.9 Å². The van der Waals surface area contributed by atoms with Crippen molar-refractivity contribution in [3.05, 3.63) is 59.2 Å². The molecule has 2 aliphatic heterocycles. The third-order valence-electron chi connectivity index (χ3n) is 13.2. The second kappa shape index (κ2) is 36.7. The number of carbonyl (C=O) groups is 3. The molecule has 1 aromatic heterocycles. The highest BCUT2D eigenvalue weighted by molar-refractivity contribution is 7.61. The molecule has 0 aromatic carbocycles. The molecule has 434 valence electrons. The van der Waals surface area contributed by atoms with Crippen LogP contribution in [0.2, 0.25) is 0 Å². The first-order chi connectivity index (χ1) is 36.3. The smallest absolute Gasteiger partial charge is 0.462 e. The van der Waals surface area contributed by atoms with E-state index in [1.165, 1.54) is 37.5 Å². The van der Waals surface area contributed by atoms with Crippen molar-refractivity contribution >= 4 is 39.2 Å². The number of nitrogens with two attached hydrogens (primary N) is 1. The number of nitrogen functional groups attached to an aromatic ring is 1. The Balaban J connectivity index is 1.75. The fourth-order valence-electron chi connectivity index (χ4n) is 8.80. The molecule has 2 fully saturated rings. The number of Topliss-reactive ketones (excluding diaryl/α,β-unsaturated/α-hetero) is 1. The van der Waals surface area contributed by atoms with Gasteiger partial charge >= 0.3 is 33.3 Å². The number of cyclic esters (lactones) is 1. The van der Waals surface area contributed by atoms with E-state index in [9.17, 15) is 63.6 Å². The Morgan fingerprint density at radius 2 is 1.45 bits per heavy atom. The molecular formula is C52H87N3O19P2. The van der Waals surface area contributed by atoms with E-state index in [1.54, 1.807) is 0 Å². The van der Waals surface area contributed by atoms with Crippen molar-refractivity contribution in [3.63, 3.8) is 0 Å². The quantitative estimate of drug-likeness (QED) is 0.0209. The summed E-state index contributed by atoms with van der Waals surface area (Å²) < 4.78 is 58.7. The molecule has 0 aliphatic carbocycles. The van der Waals surface area contributed by atoms with Crippen LogP contribution in [0.15, 0.2) is 53.5 Å². The number of rotatable bonds is 25. The Labute approximate surface area is 447 Å². The van der Waals surface area contributed by atoms with E-state index in [0.29, 0.717) is 19.3 Å². The highest BCUT2D eigenvalue weighted by Gasteiger charge is 2.45. The number of unbranched alkanes of at least 4 members (excludes halogenated alkanes) is 12. The maximum atomic E-state index is 13.7. The van der Waals surface area contributed by atoms with Gasteiger partial charge in [0.1, 0.15) is 36.6 Å². The maximum Gasteiger partial charge on any atom is 0.481 e. The van der Waals surface area contributed by atoms with E-state index in [1.807, 2.05) is 6.92 Å². The number of aliphatic hydroxyl groups excluding tert-OH is 5. The van der Waals surface area contributed by atoms with Crippen molar-refractivity contribution in [2.75, 3.05) is 25.6 Å². The number of fused-ring (bicyclic) bond motifs is 3. The molecule has 3 rings (SSSR count). The zero-order chi connectivity index (χ0) is 55.9. The van der Waals surface area contributed by atoms with E-state index in [0.717, 1.165) is 81.4 Å². The largest absolute Gasteiger partial charge is 0.481 e. The van der Waals surface area contributed by atoms with Crippen LogP contribution in [0.4, 0.5) is 5.82 Å². The summed E-state index contributed by atoms with van der Waals surface area (Å²) in [6.07, 6.45) is 13.1. The number of ether oxygens (including phenoxy) is 3. The summed E-state index contributed by atoms with van der Waals surface area (Å²) in [5.74, 6) is -5.18. The molecule has 2 bridgehead atoms. The standard InChI is InChI=1S/C52H87N3O19P2/c1-3-5-7-8-9-10-11-12-13-14-15-16-17-18-19-20-22-27-47(60)69-35-40-36-70-75(65,66)74-76(67,68)71-37-45-50(63)49(62)41(30-29-38(56)25-21-6-4-2)43(58)34-44(59)42(33-39(57)26-23-24-28-48(61)72-40)51(73-45)55-32-31-46(53)54-52(55)64/h9-10,12-13,29-32,38,40-45,49-51,56,58-59,62-63H,3-8,11,14-28,33-37H2,1-2H3,(H,65,66)(H,67,68)(H2,53,54,64)/b10-9-,13-12-,30-29-/t38-,40+,41-,42-,43+,44-,45+,49-,50+,51+/m0/s1. The van der Waals surface area contributed by atoms with Gasteiger partial charge in [-0.05, 0) is 63.9 Å². The number of anilines is 1. The number of nitrogens with zero attached hydrogens (tertiary/aromatic N) is 2. The van der Waals surface area contributed by atoms with E-state index in [-0.39, 0.29) is 37.9 Å². The first-order valence-electron chi connectivity index (χ1n) is 27.2. The van der Waals surface area contributed by atoms with Crippen LogP contribution in [0.5, 0.6) is 0 Å². The summed E-state index contributed by atoms with van der Waals surface area (Å²) >= 11 is 0. The minimum Gasteiger partial charge on any atom is -0.462 e. The molecular weight excluding hydrogens is 1030 g/mol. The first-order valence-corrected chi connectivity index (χ1v) is 30.2. The van der Waals surface area contributed by atoms with Gasteiger partial charge in [-0.3, -0.25) is 28.0 Å². The molecule has 2 aliphatic rings. The van der Waals surface area contributed by atoms with E-state index >= 15 is 0 Å². The molecule has 2 saturated heterocycles. The average molecular weight is 1120 g/mol. The third kappa shape index (κ3) is 26.9. The molecule has 0 saturated carbocycles. The van der Waals surface area contributed by atoms with Gasteiger partial charge in [0, 0.05) is 50.1 Å². The van der Waals surface area contributed by atoms with Crippen molar-refractivity contribution in [1.29, 1.82) is 0 Å². The summed E-state index contributed by atoms with van der Waals surface area (Å²) in [5.41, 5.74) is 4.67. The number of hydrogen-bond donors (Lipinski definition) is 8. The normalized spacial score (nSPS) is 29.7. The predicted molar refractivity (Wildman–Crippen MR) is 282 cm³/mol. The Kier molecular flexibility index (Phi) is 32.2. The van der Waals surface area contributed by atoms with Crippen LogP contribution in [0.3, 0.4) is 0 Å². The van der Waals surface area contributed by atoms with E-state index in [2.05, 4.69) is 40.5 Å². The lowest BCUT2D eigenvalue weighted by atomic mass is 9.82.